The summed E-state index contributed by atoms with van der Waals surface area (Å²) in [6.07, 6.45) is 1.64. The van der Waals surface area contributed by atoms with E-state index in [4.69, 9.17) is 20.4 Å². The van der Waals surface area contributed by atoms with Crippen molar-refractivity contribution in [3.63, 3.8) is 0 Å². The van der Waals surface area contributed by atoms with Gasteiger partial charge < -0.3 is 15.8 Å². The van der Waals surface area contributed by atoms with Gasteiger partial charge in [0.25, 0.3) is 5.91 Å². The van der Waals surface area contributed by atoms with Gasteiger partial charge in [-0.15, -0.1) is 0 Å². The molecule has 34 heavy (non-hydrogen) atoms. The van der Waals surface area contributed by atoms with Gasteiger partial charge in [0, 0.05) is 6.54 Å². The second kappa shape index (κ2) is 9.03. The molecule has 2 heterocycles. The van der Waals surface area contributed by atoms with Crippen LogP contribution in [0, 0.1) is 0 Å². The number of benzene rings is 3. The Hall–Kier alpha value is -4.72. The molecular weight excluding hydrogens is 428 g/mol. The van der Waals surface area contributed by atoms with Gasteiger partial charge in [0.2, 0.25) is 0 Å². The fourth-order valence-electron chi connectivity index (χ4n) is 3.70. The first-order chi connectivity index (χ1) is 16.6. The van der Waals surface area contributed by atoms with Gasteiger partial charge in [-0.1, -0.05) is 54.6 Å². The molecule has 0 saturated heterocycles. The Kier molecular flexibility index (Phi) is 5.61. The van der Waals surface area contributed by atoms with Crippen molar-refractivity contribution < 1.29 is 9.53 Å². The monoisotopic (exact) mass is 450 g/mol. The largest absolute Gasteiger partial charge is 0.497 e. The van der Waals surface area contributed by atoms with E-state index in [9.17, 15) is 4.79 Å². The number of methoxy groups -OCH3 is 1. The predicted octanol–water partition coefficient (Wildman–Crippen LogP) is 3.99. The molecule has 0 fully saturated rings. The van der Waals surface area contributed by atoms with Gasteiger partial charge in [0.1, 0.15) is 22.6 Å². The molecule has 5 aromatic rings. The van der Waals surface area contributed by atoms with E-state index in [-0.39, 0.29) is 17.3 Å². The molecule has 0 radical (unpaired) electrons. The van der Waals surface area contributed by atoms with E-state index in [1.807, 2.05) is 78.9 Å². The van der Waals surface area contributed by atoms with Crippen LogP contribution in [0.4, 0.5) is 5.82 Å². The van der Waals surface area contributed by atoms with Crippen molar-refractivity contribution in [3.8, 4) is 5.75 Å². The van der Waals surface area contributed by atoms with Crippen LogP contribution in [0.1, 0.15) is 21.5 Å². The third kappa shape index (κ3) is 4.04. The van der Waals surface area contributed by atoms with Crippen molar-refractivity contribution in [1.29, 1.82) is 0 Å². The number of carbonyl (C=O) groups excluding carboxylic acids is 1. The molecule has 0 unspecified atom stereocenters. The van der Waals surface area contributed by atoms with Gasteiger partial charge in [0.05, 0.1) is 24.4 Å². The highest BCUT2D eigenvalue weighted by Gasteiger charge is 2.24. The lowest BCUT2D eigenvalue weighted by Gasteiger charge is -2.05. The first-order valence-electron chi connectivity index (χ1n) is 10.7. The van der Waals surface area contributed by atoms with Crippen molar-refractivity contribution in [3.05, 3.63) is 95.6 Å². The molecule has 0 aliphatic carbocycles. The van der Waals surface area contributed by atoms with Crippen molar-refractivity contribution in [1.82, 2.24) is 20.0 Å². The Balaban J connectivity index is 1.59. The number of fused-ring (bicyclic) bond motifs is 2. The van der Waals surface area contributed by atoms with Gasteiger partial charge in [-0.3, -0.25) is 4.79 Å². The minimum absolute atomic E-state index is 0.162. The molecule has 3 aromatic carbocycles. The SMILES string of the molecule is COc1cccc(/C=N/n2c(N)c(C(=O)NCc3ccccc3)c3nc4ccccc4nc32)c1. The molecule has 8 heteroatoms. The first kappa shape index (κ1) is 21.1. The van der Waals surface area contributed by atoms with Crippen LogP contribution in [0.15, 0.2) is 84.0 Å². The molecular formula is C26H22N6O2. The number of nitrogen functional groups attached to an aromatic ring is 1. The summed E-state index contributed by atoms with van der Waals surface area (Å²) in [6.45, 7) is 0.361. The number of carbonyl (C=O) groups is 1. The van der Waals surface area contributed by atoms with Crippen LogP contribution in [0.3, 0.4) is 0 Å². The molecule has 8 nitrogen and oxygen atoms in total. The fourth-order valence-corrected chi connectivity index (χ4v) is 3.70. The number of para-hydroxylation sites is 2. The third-order valence-electron chi connectivity index (χ3n) is 5.41. The Morgan fingerprint density at radius 2 is 1.76 bits per heavy atom. The lowest BCUT2D eigenvalue weighted by molar-refractivity contribution is 0.0953. The van der Waals surface area contributed by atoms with Crippen LogP contribution < -0.4 is 15.8 Å². The number of amides is 1. The minimum Gasteiger partial charge on any atom is -0.497 e. The zero-order valence-electron chi connectivity index (χ0n) is 18.5. The number of nitrogens with zero attached hydrogens (tertiary/aromatic N) is 4. The standard InChI is InChI=1S/C26H22N6O2/c1-34-19-11-7-10-18(14-19)16-29-32-24(27)22(26(33)28-15-17-8-3-2-4-9-17)23-25(32)31-21-13-6-5-12-20(21)30-23/h2-14,16H,15,27H2,1H3,(H,28,33)/b29-16+. The molecule has 0 saturated carbocycles. The lowest BCUT2D eigenvalue weighted by Crippen LogP contribution is -2.23. The molecule has 0 bridgehead atoms. The fraction of sp³-hybridized carbons (Fsp3) is 0.0769. The summed E-state index contributed by atoms with van der Waals surface area (Å²) in [7, 11) is 1.61. The van der Waals surface area contributed by atoms with Gasteiger partial charge in [-0.05, 0) is 35.4 Å². The number of nitrogens with one attached hydrogen (secondary N) is 1. The highest BCUT2D eigenvalue weighted by Crippen LogP contribution is 2.28. The lowest BCUT2D eigenvalue weighted by atomic mass is 10.2. The second-order valence-corrected chi connectivity index (χ2v) is 7.65. The normalized spacial score (nSPS) is 11.3. The Bertz CT molecular complexity index is 1530. The molecule has 0 aliphatic heterocycles. The minimum atomic E-state index is -0.341. The summed E-state index contributed by atoms with van der Waals surface area (Å²) in [4.78, 5) is 22.6. The van der Waals surface area contributed by atoms with Gasteiger partial charge in [0.15, 0.2) is 5.65 Å². The van der Waals surface area contributed by atoms with Crippen molar-refractivity contribution in [2.45, 2.75) is 6.54 Å². The average Bonchev–Trinajstić information content (AvgIpc) is 3.15. The van der Waals surface area contributed by atoms with E-state index in [1.54, 1.807) is 13.3 Å². The number of nitrogens with two attached hydrogens (primary N) is 1. The summed E-state index contributed by atoms with van der Waals surface area (Å²) in [5, 5.41) is 7.47. The Morgan fingerprint density at radius 1 is 1.03 bits per heavy atom. The van der Waals surface area contributed by atoms with Gasteiger partial charge >= 0.3 is 0 Å². The molecule has 2 aromatic heterocycles. The van der Waals surface area contributed by atoms with Crippen LogP contribution in [0.5, 0.6) is 5.75 Å². The number of aromatic nitrogens is 3. The van der Waals surface area contributed by atoms with E-state index in [0.717, 1.165) is 11.1 Å². The topological polar surface area (TPSA) is 107 Å². The Labute approximate surface area is 195 Å². The predicted molar refractivity (Wildman–Crippen MR) is 133 cm³/mol. The molecule has 0 atom stereocenters. The molecule has 5 rings (SSSR count). The first-order valence-corrected chi connectivity index (χ1v) is 10.7. The van der Waals surface area contributed by atoms with Crippen LogP contribution >= 0.6 is 0 Å². The zero-order chi connectivity index (χ0) is 23.5. The highest BCUT2D eigenvalue weighted by atomic mass is 16.5. The molecule has 3 N–H and O–H groups in total. The maximum Gasteiger partial charge on any atom is 0.257 e. The van der Waals surface area contributed by atoms with Gasteiger partial charge in [-0.25, -0.2) is 9.97 Å². The summed E-state index contributed by atoms with van der Waals surface area (Å²) < 4.78 is 6.73. The zero-order valence-corrected chi connectivity index (χ0v) is 18.5. The van der Waals surface area contributed by atoms with Crippen molar-refractivity contribution in [2.24, 2.45) is 5.10 Å². The number of ether oxygens (including phenoxy) is 1. The maximum absolute atomic E-state index is 13.2. The average molecular weight is 451 g/mol. The van der Waals surface area contributed by atoms with E-state index in [1.165, 1.54) is 4.68 Å². The quantitative estimate of drug-likeness (QED) is 0.381. The molecule has 168 valence electrons. The number of hydrogen-bond acceptors (Lipinski definition) is 6. The summed E-state index contributed by atoms with van der Waals surface area (Å²) >= 11 is 0. The number of anilines is 1. The number of rotatable bonds is 6. The van der Waals surface area contributed by atoms with Crippen LogP contribution in [0.25, 0.3) is 22.2 Å². The van der Waals surface area contributed by atoms with E-state index in [0.29, 0.717) is 34.5 Å². The smallest absolute Gasteiger partial charge is 0.257 e. The van der Waals surface area contributed by atoms with E-state index >= 15 is 0 Å². The summed E-state index contributed by atoms with van der Waals surface area (Å²) in [5.41, 5.74) is 10.6. The number of hydrogen-bond donors (Lipinski definition) is 2. The van der Waals surface area contributed by atoms with E-state index in [2.05, 4.69) is 10.4 Å². The maximum atomic E-state index is 13.2. The Morgan fingerprint density at radius 3 is 2.53 bits per heavy atom. The highest BCUT2D eigenvalue weighted by molar-refractivity contribution is 6.10. The third-order valence-corrected chi connectivity index (χ3v) is 5.41. The van der Waals surface area contributed by atoms with Crippen LogP contribution in [-0.2, 0) is 6.54 Å². The van der Waals surface area contributed by atoms with Crippen LogP contribution in [-0.4, -0.2) is 33.9 Å². The van der Waals surface area contributed by atoms with Gasteiger partial charge in [-0.2, -0.15) is 9.78 Å². The van der Waals surface area contributed by atoms with Crippen molar-refractivity contribution >= 4 is 40.1 Å². The summed E-state index contributed by atoms with van der Waals surface area (Å²) in [6, 6.07) is 24.6. The second-order valence-electron chi connectivity index (χ2n) is 7.65. The molecule has 0 spiro atoms. The molecule has 1 amide bonds. The van der Waals surface area contributed by atoms with Crippen LogP contribution in [0.2, 0.25) is 0 Å². The van der Waals surface area contributed by atoms with E-state index < -0.39 is 0 Å². The van der Waals surface area contributed by atoms with Crippen molar-refractivity contribution in [2.75, 3.05) is 12.8 Å². The molecule has 0 aliphatic rings. The summed E-state index contributed by atoms with van der Waals surface area (Å²) in [5.74, 6) is 0.530.